The van der Waals surface area contributed by atoms with Crippen LogP contribution in [0.4, 0.5) is 0 Å². The monoisotopic (exact) mass is 394 g/mol. The SMILES string of the molecule is CCN1CCN(Cc2ccc(CNC(=O)CN3CCCS3(=O)=O)cc2)CC1. The Morgan fingerprint density at radius 1 is 1.00 bits per heavy atom. The van der Waals surface area contributed by atoms with Gasteiger partial charge >= 0.3 is 0 Å². The Morgan fingerprint density at radius 3 is 2.22 bits per heavy atom. The van der Waals surface area contributed by atoms with Crippen molar-refractivity contribution in [2.24, 2.45) is 0 Å². The number of nitrogens with one attached hydrogen (secondary N) is 1. The lowest BCUT2D eigenvalue weighted by molar-refractivity contribution is -0.121. The Bertz CT molecular complexity index is 728. The maximum Gasteiger partial charge on any atom is 0.235 e. The van der Waals surface area contributed by atoms with E-state index in [1.807, 2.05) is 12.1 Å². The van der Waals surface area contributed by atoms with E-state index in [0.29, 0.717) is 19.5 Å². The average Bonchev–Trinajstić information content (AvgIpc) is 3.00. The molecule has 1 aromatic carbocycles. The van der Waals surface area contributed by atoms with E-state index in [0.717, 1.165) is 44.8 Å². The fraction of sp³-hybridized carbons (Fsp3) is 0.632. The lowest BCUT2D eigenvalue weighted by Crippen LogP contribution is -2.45. The first-order valence-electron chi connectivity index (χ1n) is 9.73. The van der Waals surface area contributed by atoms with E-state index < -0.39 is 10.0 Å². The van der Waals surface area contributed by atoms with E-state index in [2.05, 4.69) is 34.2 Å². The van der Waals surface area contributed by atoms with E-state index >= 15 is 0 Å². The molecule has 1 aromatic rings. The number of amides is 1. The Hall–Kier alpha value is -1.48. The van der Waals surface area contributed by atoms with E-state index in [-0.39, 0.29) is 18.2 Å². The summed E-state index contributed by atoms with van der Waals surface area (Å²) in [5.74, 6) is -0.103. The summed E-state index contributed by atoms with van der Waals surface area (Å²) in [6.45, 7) is 9.53. The van der Waals surface area contributed by atoms with Crippen LogP contribution in [0.3, 0.4) is 0 Å². The highest BCUT2D eigenvalue weighted by Crippen LogP contribution is 2.13. The first kappa shape index (κ1) is 20.3. The summed E-state index contributed by atoms with van der Waals surface area (Å²) in [5.41, 5.74) is 2.30. The molecule has 0 aromatic heterocycles. The Labute approximate surface area is 162 Å². The van der Waals surface area contributed by atoms with Crippen LogP contribution in [0.25, 0.3) is 0 Å². The molecule has 0 saturated carbocycles. The molecule has 1 N–H and O–H groups in total. The molecule has 2 saturated heterocycles. The van der Waals surface area contributed by atoms with Gasteiger partial charge in [0, 0.05) is 45.8 Å². The molecule has 0 bridgehead atoms. The molecule has 0 spiro atoms. The van der Waals surface area contributed by atoms with Crippen LogP contribution in [0.5, 0.6) is 0 Å². The minimum Gasteiger partial charge on any atom is -0.351 e. The number of hydrogen-bond donors (Lipinski definition) is 1. The third-order valence-electron chi connectivity index (χ3n) is 5.35. The fourth-order valence-corrected chi connectivity index (χ4v) is 5.04. The number of carbonyl (C=O) groups is 1. The minimum atomic E-state index is -3.23. The Kier molecular flexibility index (Phi) is 6.86. The maximum atomic E-state index is 12.0. The zero-order valence-electron chi connectivity index (χ0n) is 16.1. The number of hydrogen-bond acceptors (Lipinski definition) is 5. The second-order valence-electron chi connectivity index (χ2n) is 7.31. The van der Waals surface area contributed by atoms with Crippen molar-refractivity contribution in [1.29, 1.82) is 0 Å². The summed E-state index contributed by atoms with van der Waals surface area (Å²) in [6.07, 6.45) is 0.602. The molecule has 2 fully saturated rings. The first-order valence-corrected chi connectivity index (χ1v) is 11.3. The van der Waals surface area contributed by atoms with Gasteiger partial charge in [0.1, 0.15) is 0 Å². The molecule has 150 valence electrons. The smallest absolute Gasteiger partial charge is 0.235 e. The number of benzene rings is 1. The van der Waals surface area contributed by atoms with Crippen molar-refractivity contribution in [2.45, 2.75) is 26.4 Å². The summed E-state index contributed by atoms with van der Waals surface area (Å²) in [7, 11) is -3.23. The quantitative estimate of drug-likeness (QED) is 0.728. The predicted molar refractivity (Wildman–Crippen MR) is 106 cm³/mol. The zero-order valence-corrected chi connectivity index (χ0v) is 16.9. The zero-order chi connectivity index (χ0) is 19.3. The molecule has 8 heteroatoms. The molecular formula is C19H30N4O3S. The molecule has 1 amide bonds. The van der Waals surface area contributed by atoms with Gasteiger partial charge in [-0.05, 0) is 24.1 Å². The van der Waals surface area contributed by atoms with Crippen LogP contribution in [0.15, 0.2) is 24.3 Å². The number of nitrogens with zero attached hydrogens (tertiary/aromatic N) is 3. The highest BCUT2D eigenvalue weighted by Gasteiger charge is 2.29. The molecule has 2 aliphatic heterocycles. The predicted octanol–water partition coefficient (Wildman–Crippen LogP) is 0.476. The molecule has 0 unspecified atom stereocenters. The van der Waals surface area contributed by atoms with Gasteiger partial charge in [-0.15, -0.1) is 0 Å². The Balaban J connectivity index is 1.42. The summed E-state index contributed by atoms with van der Waals surface area (Å²) >= 11 is 0. The topological polar surface area (TPSA) is 73.0 Å². The van der Waals surface area contributed by atoms with Crippen molar-refractivity contribution < 1.29 is 13.2 Å². The highest BCUT2D eigenvalue weighted by molar-refractivity contribution is 7.89. The molecule has 27 heavy (non-hydrogen) atoms. The number of carbonyl (C=O) groups excluding carboxylic acids is 1. The lowest BCUT2D eigenvalue weighted by atomic mass is 10.1. The summed E-state index contributed by atoms with van der Waals surface area (Å²) in [6, 6.07) is 8.28. The van der Waals surface area contributed by atoms with Gasteiger partial charge in [0.2, 0.25) is 15.9 Å². The minimum absolute atomic E-state index is 0.0792. The summed E-state index contributed by atoms with van der Waals surface area (Å²) in [5, 5.41) is 2.81. The largest absolute Gasteiger partial charge is 0.351 e. The number of likely N-dealkylation sites (N-methyl/N-ethyl adjacent to an activating group) is 1. The van der Waals surface area contributed by atoms with Gasteiger partial charge in [0.05, 0.1) is 12.3 Å². The van der Waals surface area contributed by atoms with Crippen molar-refractivity contribution in [1.82, 2.24) is 19.4 Å². The van der Waals surface area contributed by atoms with Gasteiger partial charge in [-0.1, -0.05) is 31.2 Å². The van der Waals surface area contributed by atoms with Crippen molar-refractivity contribution in [2.75, 3.05) is 51.6 Å². The fourth-order valence-electron chi connectivity index (χ4n) is 3.57. The van der Waals surface area contributed by atoms with E-state index in [1.54, 1.807) is 0 Å². The highest BCUT2D eigenvalue weighted by atomic mass is 32.2. The lowest BCUT2D eigenvalue weighted by Gasteiger charge is -2.34. The molecule has 2 aliphatic rings. The number of rotatable bonds is 7. The molecular weight excluding hydrogens is 364 g/mol. The van der Waals surface area contributed by atoms with Gasteiger partial charge in [-0.2, -0.15) is 4.31 Å². The molecule has 0 radical (unpaired) electrons. The van der Waals surface area contributed by atoms with E-state index in [4.69, 9.17) is 0 Å². The van der Waals surface area contributed by atoms with Gasteiger partial charge in [-0.25, -0.2) is 8.42 Å². The van der Waals surface area contributed by atoms with Crippen molar-refractivity contribution >= 4 is 15.9 Å². The Morgan fingerprint density at radius 2 is 1.63 bits per heavy atom. The molecule has 0 aliphatic carbocycles. The molecule has 3 rings (SSSR count). The standard InChI is InChI=1S/C19H30N4O3S/c1-2-21-9-11-22(12-10-21)15-18-6-4-17(5-7-18)14-20-19(24)16-23-8-3-13-27(23,25)26/h4-7H,2-3,8-16H2,1H3,(H,20,24). The molecule has 0 atom stereocenters. The number of piperazine rings is 1. The van der Waals surface area contributed by atoms with Gasteiger partial charge in [0.15, 0.2) is 0 Å². The van der Waals surface area contributed by atoms with E-state index in [9.17, 15) is 13.2 Å². The van der Waals surface area contributed by atoms with Crippen molar-refractivity contribution in [3.8, 4) is 0 Å². The first-order chi connectivity index (χ1) is 13.0. The molecule has 2 heterocycles. The summed E-state index contributed by atoms with van der Waals surface area (Å²) < 4.78 is 24.8. The van der Waals surface area contributed by atoms with Gasteiger partial charge in [0.25, 0.3) is 0 Å². The van der Waals surface area contributed by atoms with Gasteiger partial charge in [-0.3, -0.25) is 9.69 Å². The van der Waals surface area contributed by atoms with Crippen LogP contribution in [0, 0.1) is 0 Å². The van der Waals surface area contributed by atoms with Crippen LogP contribution in [0.1, 0.15) is 24.5 Å². The average molecular weight is 395 g/mol. The van der Waals surface area contributed by atoms with Crippen LogP contribution >= 0.6 is 0 Å². The van der Waals surface area contributed by atoms with Crippen molar-refractivity contribution in [3.63, 3.8) is 0 Å². The van der Waals surface area contributed by atoms with Crippen LogP contribution in [-0.4, -0.2) is 80.0 Å². The second-order valence-corrected chi connectivity index (χ2v) is 9.40. The number of sulfonamides is 1. The van der Waals surface area contributed by atoms with Crippen LogP contribution in [0.2, 0.25) is 0 Å². The van der Waals surface area contributed by atoms with Crippen LogP contribution in [-0.2, 0) is 27.9 Å². The third kappa shape index (κ3) is 5.75. The van der Waals surface area contributed by atoms with Crippen molar-refractivity contribution in [3.05, 3.63) is 35.4 Å². The molecule has 7 nitrogen and oxygen atoms in total. The van der Waals surface area contributed by atoms with E-state index in [1.165, 1.54) is 9.87 Å². The normalized spacial score (nSPS) is 21.4. The summed E-state index contributed by atoms with van der Waals surface area (Å²) in [4.78, 5) is 17.0. The second kappa shape index (κ2) is 9.14. The van der Waals surface area contributed by atoms with Crippen LogP contribution < -0.4 is 5.32 Å². The third-order valence-corrected chi connectivity index (χ3v) is 7.26. The maximum absolute atomic E-state index is 12.0. The van der Waals surface area contributed by atoms with Gasteiger partial charge < -0.3 is 10.2 Å².